The van der Waals surface area contributed by atoms with Gasteiger partial charge < -0.3 is 5.11 Å². The Kier molecular flexibility index (Phi) is 2.33. The van der Waals surface area contributed by atoms with Crippen molar-refractivity contribution in [2.24, 2.45) is 0 Å². The van der Waals surface area contributed by atoms with E-state index in [4.69, 9.17) is 0 Å². The zero-order valence-corrected chi connectivity index (χ0v) is 7.75. The minimum Gasteiger partial charge on any atom is -0.381 e. The maximum Gasteiger partial charge on any atom is 0.258 e. The fourth-order valence-corrected chi connectivity index (χ4v) is 0.653. The molecule has 6 nitrogen and oxygen atoms in total. The molecule has 1 heterocycles. The molecule has 0 aliphatic rings. The second-order valence-electron chi connectivity index (χ2n) is 3.26. The minimum absolute atomic E-state index is 0.171. The molecule has 0 aliphatic heterocycles. The molecular formula is C7H12N4O2. The molecule has 0 fully saturated rings. The van der Waals surface area contributed by atoms with E-state index in [9.17, 15) is 9.90 Å². The molecule has 1 aromatic heterocycles. The van der Waals surface area contributed by atoms with E-state index in [0.717, 1.165) is 0 Å². The van der Waals surface area contributed by atoms with Crippen LogP contribution in [0, 0.1) is 6.92 Å². The van der Waals surface area contributed by atoms with Crippen LogP contribution in [-0.2, 0) is 4.79 Å². The lowest BCUT2D eigenvalue weighted by Gasteiger charge is -2.14. The Morgan fingerprint density at radius 2 is 2.23 bits per heavy atom. The van der Waals surface area contributed by atoms with E-state index in [0.29, 0.717) is 5.82 Å². The van der Waals surface area contributed by atoms with Crippen LogP contribution < -0.4 is 5.32 Å². The van der Waals surface area contributed by atoms with E-state index in [1.165, 1.54) is 13.8 Å². The number of aromatic nitrogens is 3. The maximum atomic E-state index is 11.2. The Bertz CT molecular complexity index is 313. The first-order chi connectivity index (χ1) is 5.89. The number of nitrogens with one attached hydrogen (secondary N) is 2. The van der Waals surface area contributed by atoms with Gasteiger partial charge in [0, 0.05) is 0 Å². The highest BCUT2D eigenvalue weighted by Gasteiger charge is 2.24. The van der Waals surface area contributed by atoms with Crippen LogP contribution in [0.3, 0.4) is 0 Å². The summed E-state index contributed by atoms with van der Waals surface area (Å²) in [5.41, 5.74) is -1.42. The van der Waals surface area contributed by atoms with Gasteiger partial charge >= 0.3 is 0 Å². The van der Waals surface area contributed by atoms with Gasteiger partial charge in [-0.1, -0.05) is 0 Å². The first-order valence-electron chi connectivity index (χ1n) is 3.82. The lowest BCUT2D eigenvalue weighted by molar-refractivity contribution is -0.130. The van der Waals surface area contributed by atoms with Gasteiger partial charge in [0.25, 0.3) is 5.91 Å². The summed E-state index contributed by atoms with van der Waals surface area (Å²) in [6.45, 7) is 4.50. The van der Waals surface area contributed by atoms with Crippen molar-refractivity contribution < 1.29 is 9.90 Å². The number of carbonyl (C=O) groups is 1. The van der Waals surface area contributed by atoms with Crippen LogP contribution in [0.15, 0.2) is 0 Å². The summed E-state index contributed by atoms with van der Waals surface area (Å²) in [4.78, 5) is 15.0. The van der Waals surface area contributed by atoms with Crippen molar-refractivity contribution >= 4 is 11.9 Å². The minimum atomic E-state index is -1.42. The summed E-state index contributed by atoms with van der Waals surface area (Å²) in [5, 5.41) is 17.9. The van der Waals surface area contributed by atoms with Crippen molar-refractivity contribution in [3.63, 3.8) is 0 Å². The van der Waals surface area contributed by atoms with E-state index in [1.807, 2.05) is 0 Å². The van der Waals surface area contributed by atoms with Crippen LogP contribution in [0.4, 0.5) is 5.95 Å². The summed E-state index contributed by atoms with van der Waals surface area (Å²) in [7, 11) is 0. The summed E-state index contributed by atoms with van der Waals surface area (Å²) < 4.78 is 0. The van der Waals surface area contributed by atoms with E-state index in [2.05, 4.69) is 20.5 Å². The third-order valence-electron chi connectivity index (χ3n) is 1.38. The van der Waals surface area contributed by atoms with Gasteiger partial charge in [-0.2, -0.15) is 4.98 Å². The number of aryl methyl sites for hydroxylation is 1. The van der Waals surface area contributed by atoms with Crippen LogP contribution >= 0.6 is 0 Å². The van der Waals surface area contributed by atoms with E-state index in [1.54, 1.807) is 6.92 Å². The van der Waals surface area contributed by atoms with Crippen molar-refractivity contribution in [1.82, 2.24) is 15.2 Å². The first-order valence-corrected chi connectivity index (χ1v) is 3.82. The zero-order valence-electron chi connectivity index (χ0n) is 7.75. The molecule has 0 aromatic carbocycles. The quantitative estimate of drug-likeness (QED) is 0.594. The fourth-order valence-electron chi connectivity index (χ4n) is 0.653. The average Bonchev–Trinajstić information content (AvgIpc) is 2.33. The van der Waals surface area contributed by atoms with E-state index in [-0.39, 0.29) is 5.95 Å². The summed E-state index contributed by atoms with van der Waals surface area (Å²) in [6, 6.07) is 0. The Morgan fingerprint density at radius 3 is 2.62 bits per heavy atom. The molecule has 13 heavy (non-hydrogen) atoms. The molecule has 3 N–H and O–H groups in total. The van der Waals surface area contributed by atoms with E-state index < -0.39 is 11.5 Å². The third kappa shape index (κ3) is 2.51. The van der Waals surface area contributed by atoms with Crippen LogP contribution in [0.1, 0.15) is 19.7 Å². The second kappa shape index (κ2) is 3.14. The lowest BCUT2D eigenvalue weighted by Crippen LogP contribution is -2.37. The molecule has 0 aliphatic carbocycles. The van der Waals surface area contributed by atoms with Gasteiger partial charge in [0.1, 0.15) is 11.4 Å². The van der Waals surface area contributed by atoms with Gasteiger partial charge in [-0.05, 0) is 20.8 Å². The molecule has 1 aromatic rings. The number of anilines is 1. The number of carbonyl (C=O) groups excluding carboxylic acids is 1. The molecule has 0 saturated carbocycles. The topological polar surface area (TPSA) is 90.9 Å². The fraction of sp³-hybridized carbons (Fsp3) is 0.571. The Balaban J connectivity index is 2.65. The summed E-state index contributed by atoms with van der Waals surface area (Å²) in [5.74, 6) is 0.238. The number of hydrogen-bond acceptors (Lipinski definition) is 4. The highest BCUT2D eigenvalue weighted by Crippen LogP contribution is 2.05. The number of amides is 1. The SMILES string of the molecule is Cc1nc(NC(=O)C(C)(C)O)n[nH]1. The van der Waals surface area contributed by atoms with Crippen LogP contribution in [-0.4, -0.2) is 31.8 Å². The van der Waals surface area contributed by atoms with Crippen molar-refractivity contribution in [2.45, 2.75) is 26.4 Å². The summed E-state index contributed by atoms with van der Waals surface area (Å²) in [6.07, 6.45) is 0. The molecule has 0 unspecified atom stereocenters. The van der Waals surface area contributed by atoms with Crippen LogP contribution in [0.5, 0.6) is 0 Å². The largest absolute Gasteiger partial charge is 0.381 e. The normalized spacial score (nSPS) is 11.4. The average molecular weight is 184 g/mol. The second-order valence-corrected chi connectivity index (χ2v) is 3.26. The molecule has 0 spiro atoms. The lowest BCUT2D eigenvalue weighted by atomic mass is 10.1. The standard InChI is InChI=1S/C7H12N4O2/c1-4-8-6(11-10-4)9-5(12)7(2,3)13/h13H,1-3H3,(H2,8,9,10,11,12). The predicted octanol–water partition coefficient (Wildman–Crippen LogP) is -0.177. The molecule has 1 rings (SSSR count). The first kappa shape index (κ1) is 9.66. The molecule has 0 radical (unpaired) electrons. The molecule has 1 amide bonds. The number of rotatable bonds is 2. The Labute approximate surface area is 75.4 Å². The predicted molar refractivity (Wildman–Crippen MR) is 46.0 cm³/mol. The molecule has 6 heteroatoms. The van der Waals surface area contributed by atoms with Crippen molar-refractivity contribution in [1.29, 1.82) is 0 Å². The Hall–Kier alpha value is -1.43. The number of hydrogen-bond donors (Lipinski definition) is 3. The monoisotopic (exact) mass is 184 g/mol. The maximum absolute atomic E-state index is 11.2. The number of nitrogens with zero attached hydrogens (tertiary/aromatic N) is 2. The van der Waals surface area contributed by atoms with Gasteiger partial charge in [-0.3, -0.25) is 15.2 Å². The van der Waals surface area contributed by atoms with Crippen molar-refractivity contribution in [2.75, 3.05) is 5.32 Å². The van der Waals surface area contributed by atoms with Gasteiger partial charge in [-0.25, -0.2) is 0 Å². The highest BCUT2D eigenvalue weighted by molar-refractivity contribution is 5.95. The third-order valence-corrected chi connectivity index (χ3v) is 1.38. The zero-order chi connectivity index (χ0) is 10.1. The molecule has 0 saturated heterocycles. The number of H-pyrrole nitrogens is 1. The van der Waals surface area contributed by atoms with Gasteiger partial charge in [0.05, 0.1) is 0 Å². The highest BCUT2D eigenvalue weighted by atomic mass is 16.3. The van der Waals surface area contributed by atoms with Gasteiger partial charge in [0.15, 0.2) is 0 Å². The van der Waals surface area contributed by atoms with Gasteiger partial charge in [-0.15, -0.1) is 5.10 Å². The van der Waals surface area contributed by atoms with Crippen LogP contribution in [0.2, 0.25) is 0 Å². The molecule has 72 valence electrons. The van der Waals surface area contributed by atoms with E-state index >= 15 is 0 Å². The molecule has 0 atom stereocenters. The van der Waals surface area contributed by atoms with Crippen LogP contribution in [0.25, 0.3) is 0 Å². The summed E-state index contributed by atoms with van der Waals surface area (Å²) >= 11 is 0. The molecular weight excluding hydrogens is 172 g/mol. The van der Waals surface area contributed by atoms with Crippen molar-refractivity contribution in [3.05, 3.63) is 5.82 Å². The Morgan fingerprint density at radius 1 is 1.62 bits per heavy atom. The molecule has 0 bridgehead atoms. The smallest absolute Gasteiger partial charge is 0.258 e. The van der Waals surface area contributed by atoms with Gasteiger partial charge in [0.2, 0.25) is 5.95 Å². The number of aliphatic hydroxyl groups is 1. The van der Waals surface area contributed by atoms with Crippen molar-refractivity contribution in [3.8, 4) is 0 Å². The number of aromatic amines is 1.